The van der Waals surface area contributed by atoms with Gasteiger partial charge in [0.15, 0.2) is 0 Å². The Morgan fingerprint density at radius 1 is 1.56 bits per heavy atom. The first-order chi connectivity index (χ1) is 7.70. The van der Waals surface area contributed by atoms with E-state index < -0.39 is 5.97 Å². The van der Waals surface area contributed by atoms with Crippen molar-refractivity contribution >= 4 is 5.97 Å². The summed E-state index contributed by atoms with van der Waals surface area (Å²) in [5.74, 6) is -0.0128. The average molecular weight is 219 g/mol. The first-order valence-electron chi connectivity index (χ1n) is 5.57. The number of aliphatic carboxylic acids is 1. The highest BCUT2D eigenvalue weighted by molar-refractivity contribution is 5.66. The number of fused-ring (bicyclic) bond motifs is 1. The van der Waals surface area contributed by atoms with Crippen molar-refractivity contribution in [2.45, 2.75) is 31.6 Å². The summed E-state index contributed by atoms with van der Waals surface area (Å²) in [6.45, 7) is 0. The fraction of sp³-hybridized carbons (Fsp3) is 0.462. The molecule has 3 heteroatoms. The Hall–Kier alpha value is -1.51. The summed E-state index contributed by atoms with van der Waals surface area (Å²) < 4.78 is 5.17. The monoisotopic (exact) mass is 219 g/mol. The van der Waals surface area contributed by atoms with Crippen molar-refractivity contribution in [1.82, 2.24) is 0 Å². The van der Waals surface area contributed by atoms with Crippen molar-refractivity contribution in [2.24, 2.45) is 0 Å². The number of carbonyl (C=O) groups is 1. The lowest BCUT2D eigenvalue weighted by Gasteiger charge is -2.26. The van der Waals surface area contributed by atoms with E-state index in [9.17, 15) is 9.90 Å². The van der Waals surface area contributed by atoms with Gasteiger partial charge in [-0.1, -0.05) is 6.07 Å². The quantitative estimate of drug-likeness (QED) is 0.768. The van der Waals surface area contributed by atoms with E-state index in [2.05, 4.69) is 0 Å². The van der Waals surface area contributed by atoms with Gasteiger partial charge in [-0.25, -0.2) is 0 Å². The van der Waals surface area contributed by atoms with Gasteiger partial charge in [0.1, 0.15) is 5.75 Å². The van der Waals surface area contributed by atoms with Crippen LogP contribution in [-0.2, 0) is 11.2 Å². The SMILES string of the molecule is COc1ccc2c(c1)CCC[C@H]2CC(=O)[O-]. The van der Waals surface area contributed by atoms with Gasteiger partial charge in [0.25, 0.3) is 0 Å². The van der Waals surface area contributed by atoms with E-state index in [1.807, 2.05) is 18.2 Å². The molecule has 1 aromatic carbocycles. The van der Waals surface area contributed by atoms with E-state index in [1.54, 1.807) is 7.11 Å². The van der Waals surface area contributed by atoms with Gasteiger partial charge in [-0.05, 0) is 54.9 Å². The molecule has 86 valence electrons. The number of benzene rings is 1. The van der Waals surface area contributed by atoms with Gasteiger partial charge in [-0.2, -0.15) is 0 Å². The molecule has 2 rings (SSSR count). The number of hydrogen-bond acceptors (Lipinski definition) is 3. The van der Waals surface area contributed by atoms with Crippen molar-refractivity contribution in [3.63, 3.8) is 0 Å². The van der Waals surface area contributed by atoms with Crippen LogP contribution in [0.5, 0.6) is 5.75 Å². The molecule has 0 aromatic heterocycles. The zero-order valence-corrected chi connectivity index (χ0v) is 9.36. The fourth-order valence-electron chi connectivity index (χ4n) is 2.43. The van der Waals surface area contributed by atoms with E-state index in [0.717, 1.165) is 30.6 Å². The number of hydrogen-bond donors (Lipinski definition) is 0. The second kappa shape index (κ2) is 4.56. The summed E-state index contributed by atoms with van der Waals surface area (Å²) in [5, 5.41) is 10.7. The van der Waals surface area contributed by atoms with Crippen LogP contribution >= 0.6 is 0 Å². The minimum Gasteiger partial charge on any atom is -0.550 e. The Morgan fingerprint density at radius 3 is 3.06 bits per heavy atom. The van der Waals surface area contributed by atoms with Gasteiger partial charge in [0, 0.05) is 5.97 Å². The molecule has 0 heterocycles. The molecule has 0 radical (unpaired) electrons. The third-order valence-electron chi connectivity index (χ3n) is 3.20. The van der Waals surface area contributed by atoms with Gasteiger partial charge in [-0.15, -0.1) is 0 Å². The highest BCUT2D eigenvalue weighted by Crippen LogP contribution is 2.35. The number of rotatable bonds is 3. The molecule has 0 N–H and O–H groups in total. The number of aryl methyl sites for hydroxylation is 1. The largest absolute Gasteiger partial charge is 0.550 e. The fourth-order valence-corrected chi connectivity index (χ4v) is 2.43. The first-order valence-corrected chi connectivity index (χ1v) is 5.57. The Balaban J connectivity index is 2.28. The molecule has 0 unspecified atom stereocenters. The molecular weight excluding hydrogens is 204 g/mol. The number of methoxy groups -OCH3 is 1. The Bertz CT molecular complexity index is 398. The topological polar surface area (TPSA) is 49.4 Å². The number of carboxylic acids is 1. The summed E-state index contributed by atoms with van der Waals surface area (Å²) in [5.41, 5.74) is 2.37. The van der Waals surface area contributed by atoms with Gasteiger partial charge in [0.05, 0.1) is 7.11 Å². The predicted octanol–water partition coefficient (Wildman–Crippen LogP) is 1.26. The number of carboxylic acid groups (broad SMARTS) is 1. The summed E-state index contributed by atoms with van der Waals surface area (Å²) in [7, 11) is 1.64. The zero-order chi connectivity index (χ0) is 11.5. The number of carbonyl (C=O) groups excluding carboxylic acids is 1. The lowest BCUT2D eigenvalue weighted by molar-refractivity contribution is -0.306. The van der Waals surface area contributed by atoms with Gasteiger partial charge >= 0.3 is 0 Å². The van der Waals surface area contributed by atoms with Crippen molar-refractivity contribution in [3.05, 3.63) is 29.3 Å². The van der Waals surface area contributed by atoms with E-state index in [-0.39, 0.29) is 12.3 Å². The van der Waals surface area contributed by atoms with E-state index in [0.29, 0.717) is 0 Å². The zero-order valence-electron chi connectivity index (χ0n) is 9.36. The third kappa shape index (κ3) is 2.18. The Kier molecular flexibility index (Phi) is 3.13. The Morgan fingerprint density at radius 2 is 2.38 bits per heavy atom. The second-order valence-corrected chi connectivity index (χ2v) is 4.23. The van der Waals surface area contributed by atoms with Gasteiger partial charge < -0.3 is 14.6 Å². The van der Waals surface area contributed by atoms with Crippen molar-refractivity contribution in [1.29, 1.82) is 0 Å². The van der Waals surface area contributed by atoms with E-state index >= 15 is 0 Å². The normalized spacial score (nSPS) is 18.9. The molecule has 1 aliphatic rings. The van der Waals surface area contributed by atoms with Gasteiger partial charge in [0.2, 0.25) is 0 Å². The molecule has 1 aromatic rings. The van der Waals surface area contributed by atoms with Crippen LogP contribution in [0.3, 0.4) is 0 Å². The maximum absolute atomic E-state index is 10.7. The first kappa shape index (κ1) is 11.0. The van der Waals surface area contributed by atoms with Crippen molar-refractivity contribution in [2.75, 3.05) is 7.11 Å². The van der Waals surface area contributed by atoms with E-state index in [1.165, 1.54) is 5.56 Å². The maximum atomic E-state index is 10.7. The van der Waals surface area contributed by atoms with Crippen molar-refractivity contribution in [3.8, 4) is 5.75 Å². The van der Waals surface area contributed by atoms with Gasteiger partial charge in [-0.3, -0.25) is 0 Å². The van der Waals surface area contributed by atoms with Crippen LogP contribution in [0.1, 0.15) is 36.3 Å². The van der Waals surface area contributed by atoms with E-state index in [4.69, 9.17) is 4.74 Å². The smallest absolute Gasteiger partial charge is 0.119 e. The standard InChI is InChI=1S/C13H16O3/c1-16-11-5-6-12-9(7-11)3-2-4-10(12)8-13(14)15/h5-7,10H,2-4,8H2,1H3,(H,14,15)/p-1/t10-/m0/s1. The minimum atomic E-state index is -0.964. The summed E-state index contributed by atoms with van der Waals surface area (Å²) in [4.78, 5) is 10.7. The molecule has 1 atom stereocenters. The summed E-state index contributed by atoms with van der Waals surface area (Å²) in [6.07, 6.45) is 3.11. The molecular formula is C13H15O3-. The molecule has 3 nitrogen and oxygen atoms in total. The van der Waals surface area contributed by atoms with Crippen LogP contribution < -0.4 is 9.84 Å². The number of ether oxygens (including phenoxy) is 1. The predicted molar refractivity (Wildman–Crippen MR) is 58.3 cm³/mol. The Labute approximate surface area is 95.0 Å². The van der Waals surface area contributed by atoms with Crippen LogP contribution in [-0.4, -0.2) is 13.1 Å². The summed E-state index contributed by atoms with van der Waals surface area (Å²) >= 11 is 0. The van der Waals surface area contributed by atoms with Crippen molar-refractivity contribution < 1.29 is 14.6 Å². The van der Waals surface area contributed by atoms with Crippen LogP contribution in [0.4, 0.5) is 0 Å². The van der Waals surface area contributed by atoms with Crippen LogP contribution in [0.2, 0.25) is 0 Å². The lowest BCUT2D eigenvalue weighted by atomic mass is 9.81. The molecule has 0 bridgehead atoms. The highest BCUT2D eigenvalue weighted by atomic mass is 16.5. The minimum absolute atomic E-state index is 0.111. The summed E-state index contributed by atoms with van der Waals surface area (Å²) in [6, 6.07) is 5.89. The molecule has 0 aliphatic heterocycles. The molecule has 1 aliphatic carbocycles. The van der Waals surface area contributed by atoms with Crippen LogP contribution in [0.25, 0.3) is 0 Å². The second-order valence-electron chi connectivity index (χ2n) is 4.23. The van der Waals surface area contributed by atoms with Crippen LogP contribution in [0.15, 0.2) is 18.2 Å². The molecule has 0 spiro atoms. The third-order valence-corrected chi connectivity index (χ3v) is 3.20. The molecule has 16 heavy (non-hydrogen) atoms. The highest BCUT2D eigenvalue weighted by Gasteiger charge is 2.20. The molecule has 0 amide bonds. The molecule has 0 saturated heterocycles. The lowest BCUT2D eigenvalue weighted by Crippen LogP contribution is -2.25. The molecule has 0 fully saturated rings. The average Bonchev–Trinajstić information content (AvgIpc) is 2.28. The maximum Gasteiger partial charge on any atom is 0.119 e. The molecule has 0 saturated carbocycles. The van der Waals surface area contributed by atoms with Crippen LogP contribution in [0, 0.1) is 0 Å².